The van der Waals surface area contributed by atoms with Gasteiger partial charge in [-0.1, -0.05) is 48.5 Å². The number of hydrogen-bond acceptors (Lipinski definition) is 6. The topological polar surface area (TPSA) is 92.9 Å². The standard InChI is InChI=1S/C26H21N3O4/c30-25(18-27-24-12-4-8-20-7-1-2-11-23(20)24)29-28-17-19-6-3-9-22(16-19)33-26(31)14-13-21-10-5-15-32-21/h1-17,27H,18H2,(H,29,30)/b14-13-,28-17+. The second-order valence-electron chi connectivity index (χ2n) is 7.02. The zero-order valence-electron chi connectivity index (χ0n) is 17.6. The third-order valence-corrected chi connectivity index (χ3v) is 4.64. The second kappa shape index (κ2) is 10.6. The fourth-order valence-corrected chi connectivity index (χ4v) is 3.12. The van der Waals surface area contributed by atoms with Crippen LogP contribution in [0.2, 0.25) is 0 Å². The van der Waals surface area contributed by atoms with Gasteiger partial charge in [0.25, 0.3) is 5.91 Å². The summed E-state index contributed by atoms with van der Waals surface area (Å²) in [5.74, 6) is 0.0913. The number of fused-ring (bicyclic) bond motifs is 1. The van der Waals surface area contributed by atoms with Crippen molar-refractivity contribution in [2.24, 2.45) is 5.10 Å². The number of nitrogens with zero attached hydrogens (tertiary/aromatic N) is 1. The van der Waals surface area contributed by atoms with E-state index in [4.69, 9.17) is 9.15 Å². The maximum atomic E-state index is 12.2. The number of nitrogens with one attached hydrogen (secondary N) is 2. The van der Waals surface area contributed by atoms with Gasteiger partial charge >= 0.3 is 5.97 Å². The van der Waals surface area contributed by atoms with Crippen LogP contribution < -0.4 is 15.5 Å². The van der Waals surface area contributed by atoms with Crippen LogP contribution in [0.3, 0.4) is 0 Å². The number of carbonyl (C=O) groups is 2. The molecule has 1 heterocycles. The molecule has 33 heavy (non-hydrogen) atoms. The number of benzene rings is 3. The lowest BCUT2D eigenvalue weighted by Crippen LogP contribution is -2.25. The summed E-state index contributed by atoms with van der Waals surface area (Å²) >= 11 is 0. The van der Waals surface area contributed by atoms with Gasteiger partial charge in [0.15, 0.2) is 0 Å². The van der Waals surface area contributed by atoms with Gasteiger partial charge in [0.1, 0.15) is 11.5 Å². The van der Waals surface area contributed by atoms with Gasteiger partial charge in [0.05, 0.1) is 19.0 Å². The highest BCUT2D eigenvalue weighted by atomic mass is 16.5. The van der Waals surface area contributed by atoms with Crippen molar-refractivity contribution >= 4 is 40.6 Å². The van der Waals surface area contributed by atoms with Gasteiger partial charge in [-0.15, -0.1) is 0 Å². The molecule has 2 N–H and O–H groups in total. The first-order chi connectivity index (χ1) is 16.2. The highest BCUT2D eigenvalue weighted by molar-refractivity contribution is 5.95. The van der Waals surface area contributed by atoms with Crippen LogP contribution in [-0.2, 0) is 9.59 Å². The predicted octanol–water partition coefficient (Wildman–Crippen LogP) is 4.61. The molecule has 0 radical (unpaired) electrons. The molecule has 0 atom stereocenters. The molecule has 1 aromatic heterocycles. The number of esters is 1. The minimum atomic E-state index is -0.534. The third-order valence-electron chi connectivity index (χ3n) is 4.64. The smallest absolute Gasteiger partial charge is 0.336 e. The van der Waals surface area contributed by atoms with Crippen molar-refractivity contribution < 1.29 is 18.7 Å². The summed E-state index contributed by atoms with van der Waals surface area (Å²) in [4.78, 5) is 24.1. The predicted molar refractivity (Wildman–Crippen MR) is 128 cm³/mol. The SMILES string of the molecule is O=C(CNc1cccc2ccccc12)N/N=C/c1cccc(OC(=O)/C=C\c2ccco2)c1. The molecule has 0 unspecified atom stereocenters. The summed E-state index contributed by atoms with van der Waals surface area (Å²) in [5, 5.41) is 9.25. The number of amides is 1. The normalized spacial score (nSPS) is 11.2. The molecule has 0 bridgehead atoms. The van der Waals surface area contributed by atoms with E-state index in [9.17, 15) is 9.59 Å². The van der Waals surface area contributed by atoms with Crippen LogP contribution >= 0.6 is 0 Å². The van der Waals surface area contributed by atoms with Gasteiger partial charge in [0, 0.05) is 17.1 Å². The van der Waals surface area contributed by atoms with Gasteiger partial charge in [-0.25, -0.2) is 10.2 Å². The summed E-state index contributed by atoms with van der Waals surface area (Å²) in [6, 6.07) is 24.1. The highest BCUT2D eigenvalue weighted by Crippen LogP contribution is 2.22. The molecule has 1 amide bonds. The van der Waals surface area contributed by atoms with Crippen molar-refractivity contribution in [3.63, 3.8) is 0 Å². The molecule has 0 saturated carbocycles. The van der Waals surface area contributed by atoms with Crippen molar-refractivity contribution in [3.8, 4) is 5.75 Å². The zero-order chi connectivity index (χ0) is 22.9. The summed E-state index contributed by atoms with van der Waals surface area (Å²) in [7, 11) is 0. The highest BCUT2D eigenvalue weighted by Gasteiger charge is 2.04. The van der Waals surface area contributed by atoms with E-state index in [1.807, 2.05) is 42.5 Å². The number of hydrogen-bond donors (Lipinski definition) is 2. The lowest BCUT2D eigenvalue weighted by Gasteiger charge is -2.08. The van der Waals surface area contributed by atoms with Crippen molar-refractivity contribution in [2.45, 2.75) is 0 Å². The van der Waals surface area contributed by atoms with Crippen LogP contribution in [0, 0.1) is 0 Å². The minimum absolute atomic E-state index is 0.0744. The molecule has 0 aliphatic rings. The number of rotatable bonds is 8. The first-order valence-corrected chi connectivity index (χ1v) is 10.2. The lowest BCUT2D eigenvalue weighted by molar-refractivity contribution is -0.129. The number of anilines is 1. The molecule has 3 aromatic carbocycles. The summed E-state index contributed by atoms with van der Waals surface area (Å²) in [6.45, 7) is 0.0744. The van der Waals surface area contributed by atoms with Crippen LogP contribution in [0.25, 0.3) is 16.8 Å². The second-order valence-corrected chi connectivity index (χ2v) is 7.02. The Morgan fingerprint density at radius 1 is 0.970 bits per heavy atom. The Hall–Kier alpha value is -4.65. The molecule has 0 saturated heterocycles. The molecule has 4 rings (SSSR count). The van der Waals surface area contributed by atoms with Gasteiger partial charge in [-0.3, -0.25) is 4.79 Å². The first kappa shape index (κ1) is 21.6. The Balaban J connectivity index is 1.28. The Morgan fingerprint density at radius 3 is 2.70 bits per heavy atom. The van der Waals surface area contributed by atoms with Crippen LogP contribution in [0.1, 0.15) is 11.3 Å². The van der Waals surface area contributed by atoms with Crippen LogP contribution in [-0.4, -0.2) is 24.6 Å². The molecule has 7 nitrogen and oxygen atoms in total. The van der Waals surface area contributed by atoms with E-state index < -0.39 is 5.97 Å². The van der Waals surface area contributed by atoms with E-state index in [2.05, 4.69) is 15.8 Å². The van der Waals surface area contributed by atoms with E-state index in [0.29, 0.717) is 17.1 Å². The fourth-order valence-electron chi connectivity index (χ4n) is 3.12. The number of furan rings is 1. The minimum Gasteiger partial charge on any atom is -0.465 e. The Bertz CT molecular complexity index is 1300. The number of carbonyl (C=O) groups excluding carboxylic acids is 2. The quantitative estimate of drug-likeness (QED) is 0.137. The number of hydrazone groups is 1. The van der Waals surface area contributed by atoms with Crippen LogP contribution in [0.4, 0.5) is 5.69 Å². The van der Waals surface area contributed by atoms with Gasteiger partial charge in [-0.05, 0) is 47.4 Å². The van der Waals surface area contributed by atoms with Crippen molar-refractivity contribution in [3.05, 3.63) is 103 Å². The fraction of sp³-hybridized carbons (Fsp3) is 0.0385. The molecule has 0 aliphatic carbocycles. The van der Waals surface area contributed by atoms with Crippen molar-refractivity contribution in [2.75, 3.05) is 11.9 Å². The largest absolute Gasteiger partial charge is 0.465 e. The van der Waals surface area contributed by atoms with Crippen LogP contribution in [0.15, 0.2) is 101 Å². The summed E-state index contributed by atoms with van der Waals surface area (Å²) in [5.41, 5.74) is 4.03. The third kappa shape index (κ3) is 6.18. The molecule has 7 heteroatoms. The molecular formula is C26H21N3O4. The Morgan fingerprint density at radius 2 is 1.82 bits per heavy atom. The van der Waals surface area contributed by atoms with Crippen molar-refractivity contribution in [1.82, 2.24) is 5.43 Å². The summed E-state index contributed by atoms with van der Waals surface area (Å²) < 4.78 is 10.4. The van der Waals surface area contributed by atoms with Gasteiger partial charge < -0.3 is 14.5 Å². The maximum absolute atomic E-state index is 12.2. The van der Waals surface area contributed by atoms with Gasteiger partial charge in [-0.2, -0.15) is 5.10 Å². The Labute approximate surface area is 190 Å². The monoisotopic (exact) mass is 439 g/mol. The average Bonchev–Trinajstić information content (AvgIpc) is 3.35. The van der Waals surface area contributed by atoms with Crippen molar-refractivity contribution in [1.29, 1.82) is 0 Å². The molecule has 164 valence electrons. The average molecular weight is 439 g/mol. The summed E-state index contributed by atoms with van der Waals surface area (Å²) in [6.07, 6.45) is 5.80. The molecule has 0 spiro atoms. The molecule has 0 fully saturated rings. The maximum Gasteiger partial charge on any atom is 0.336 e. The number of ether oxygens (including phenoxy) is 1. The van der Waals surface area contributed by atoms with E-state index in [0.717, 1.165) is 16.5 Å². The first-order valence-electron chi connectivity index (χ1n) is 10.2. The molecular weight excluding hydrogens is 418 g/mol. The zero-order valence-corrected chi connectivity index (χ0v) is 17.6. The van der Waals surface area contributed by atoms with E-state index in [1.54, 1.807) is 36.4 Å². The van der Waals surface area contributed by atoms with E-state index in [1.165, 1.54) is 24.6 Å². The Kier molecular flexibility index (Phi) is 6.92. The van der Waals surface area contributed by atoms with E-state index in [-0.39, 0.29) is 12.5 Å². The molecule has 4 aromatic rings. The van der Waals surface area contributed by atoms with Crippen LogP contribution in [0.5, 0.6) is 5.75 Å². The lowest BCUT2D eigenvalue weighted by atomic mass is 10.1. The van der Waals surface area contributed by atoms with E-state index >= 15 is 0 Å². The molecule has 0 aliphatic heterocycles. The van der Waals surface area contributed by atoms with Gasteiger partial charge in [0.2, 0.25) is 0 Å².